The van der Waals surface area contributed by atoms with Crippen LogP contribution < -0.4 is 0 Å². The number of carbonyl (C=O) groups is 2. The van der Waals surface area contributed by atoms with E-state index in [-0.39, 0.29) is 0 Å². The van der Waals surface area contributed by atoms with Crippen molar-refractivity contribution >= 4 is 58.1 Å². The van der Waals surface area contributed by atoms with Crippen LogP contribution >= 0.6 is 11.7 Å². The Morgan fingerprint density at radius 2 is 1.07 bits per heavy atom. The Hall–Kier alpha value is -3.36. The van der Waals surface area contributed by atoms with Gasteiger partial charge in [-0.25, -0.2) is 0 Å². The summed E-state index contributed by atoms with van der Waals surface area (Å²) < 4.78 is 18.1. The monoisotopic (exact) mass is 402 g/mol. The van der Waals surface area contributed by atoms with Crippen molar-refractivity contribution in [2.45, 2.75) is 0 Å². The van der Waals surface area contributed by atoms with Gasteiger partial charge in [-0.05, 0) is 11.1 Å². The molecule has 3 aromatic carbocycles. The van der Waals surface area contributed by atoms with Crippen molar-refractivity contribution in [1.82, 2.24) is 8.75 Å². The molecule has 8 heteroatoms. The molecule has 0 N–H and O–H groups in total. The van der Waals surface area contributed by atoms with E-state index in [0.29, 0.717) is 11.1 Å². The van der Waals surface area contributed by atoms with Crippen LogP contribution in [0, 0.1) is 0 Å². The number of nitrogens with zero attached hydrogens (tertiary/aromatic N) is 4. The lowest BCUT2D eigenvalue weighted by Gasteiger charge is -2.12. The summed E-state index contributed by atoms with van der Waals surface area (Å²) in [6.07, 6.45) is 1.63. The zero-order valence-corrected chi connectivity index (χ0v) is 15.8. The molecular formula is C20H10N4O2S2. The van der Waals surface area contributed by atoms with E-state index >= 15 is 0 Å². The lowest BCUT2D eigenvalue weighted by molar-refractivity contribution is 0.111. The SMILES string of the molecule is O=Cc1ccc(-c2c3c(c(-c4ccc(C=O)cc4)c4nsnc24)N=S=N3)cc1. The van der Waals surface area contributed by atoms with Gasteiger partial charge in [0.05, 0.1) is 23.1 Å². The molecule has 0 radical (unpaired) electrons. The van der Waals surface area contributed by atoms with Crippen LogP contribution in [0.1, 0.15) is 20.7 Å². The smallest absolute Gasteiger partial charge is 0.150 e. The van der Waals surface area contributed by atoms with Crippen LogP contribution in [0.25, 0.3) is 33.3 Å². The highest BCUT2D eigenvalue weighted by atomic mass is 32.1. The highest BCUT2D eigenvalue weighted by Gasteiger charge is 2.25. The van der Waals surface area contributed by atoms with E-state index in [4.69, 9.17) is 0 Å². The summed E-state index contributed by atoms with van der Waals surface area (Å²) in [5.41, 5.74) is 7.74. The zero-order chi connectivity index (χ0) is 19.1. The Labute approximate surface area is 167 Å². The average Bonchev–Trinajstić information content (AvgIpc) is 3.42. The van der Waals surface area contributed by atoms with Crippen LogP contribution in [0.2, 0.25) is 0 Å². The molecule has 0 saturated heterocycles. The number of rotatable bonds is 4. The molecule has 0 aliphatic carbocycles. The minimum absolute atomic E-state index is 0.607. The molecule has 28 heavy (non-hydrogen) atoms. The van der Waals surface area contributed by atoms with Crippen LogP contribution in [0.3, 0.4) is 0 Å². The van der Waals surface area contributed by atoms with Gasteiger partial charge in [0.2, 0.25) is 0 Å². The molecular weight excluding hydrogens is 392 g/mol. The summed E-state index contributed by atoms with van der Waals surface area (Å²) in [4.78, 5) is 22.0. The quantitative estimate of drug-likeness (QED) is 0.378. The van der Waals surface area contributed by atoms with E-state index < -0.39 is 0 Å². The second kappa shape index (κ2) is 6.66. The first kappa shape index (κ1) is 16.8. The van der Waals surface area contributed by atoms with E-state index in [9.17, 15) is 9.59 Å². The molecule has 0 fully saturated rings. The molecule has 0 unspecified atom stereocenters. The summed E-state index contributed by atoms with van der Waals surface area (Å²) in [5, 5.41) is 0. The summed E-state index contributed by atoms with van der Waals surface area (Å²) in [5.74, 6) is 0. The van der Waals surface area contributed by atoms with Gasteiger partial charge in [0.25, 0.3) is 0 Å². The standard InChI is InChI=1S/C20H10N4O2S2/c25-9-11-1-5-13(6-2-11)15-17-19(23-27-21-17)16(20-18(15)22-28-24-20)14-7-3-12(10-26)4-8-14/h1-10H. The topological polar surface area (TPSA) is 84.6 Å². The maximum absolute atomic E-state index is 11.0. The number of fused-ring (bicyclic) bond motifs is 2. The van der Waals surface area contributed by atoms with Gasteiger partial charge in [-0.3, -0.25) is 9.59 Å². The highest BCUT2D eigenvalue weighted by molar-refractivity contribution is 7.58. The van der Waals surface area contributed by atoms with Crippen molar-refractivity contribution in [3.05, 3.63) is 59.7 Å². The van der Waals surface area contributed by atoms with Crippen LogP contribution in [0.15, 0.2) is 57.3 Å². The Balaban J connectivity index is 1.81. The molecule has 0 spiro atoms. The zero-order valence-electron chi connectivity index (χ0n) is 14.2. The molecule has 4 aromatic rings. The van der Waals surface area contributed by atoms with E-state index in [1.807, 2.05) is 24.3 Å². The fourth-order valence-corrected chi connectivity index (χ4v) is 4.38. The number of carbonyl (C=O) groups excluding carboxylic acids is 2. The van der Waals surface area contributed by atoms with Gasteiger partial charge < -0.3 is 0 Å². The van der Waals surface area contributed by atoms with E-state index in [0.717, 1.165) is 80.3 Å². The van der Waals surface area contributed by atoms with Gasteiger partial charge in [0, 0.05) is 22.3 Å². The van der Waals surface area contributed by atoms with Crippen molar-refractivity contribution in [2.75, 3.05) is 0 Å². The third-order valence-electron chi connectivity index (χ3n) is 4.60. The van der Waals surface area contributed by atoms with Gasteiger partial charge >= 0.3 is 0 Å². The first-order valence-corrected chi connectivity index (χ1v) is 9.78. The molecule has 134 valence electrons. The van der Waals surface area contributed by atoms with Gasteiger partial charge in [-0.15, -0.1) is 0 Å². The molecule has 2 heterocycles. The van der Waals surface area contributed by atoms with Crippen molar-refractivity contribution in [3.63, 3.8) is 0 Å². The lowest BCUT2D eigenvalue weighted by atomic mass is 9.93. The second-order valence-electron chi connectivity index (χ2n) is 6.15. The number of aldehydes is 2. The third kappa shape index (κ3) is 2.54. The number of hydrogen-bond acceptors (Lipinski definition) is 7. The number of benzene rings is 3. The van der Waals surface area contributed by atoms with E-state index in [1.165, 1.54) is 0 Å². The lowest BCUT2D eigenvalue weighted by Crippen LogP contribution is -1.89. The molecule has 1 aliphatic heterocycles. The second-order valence-corrected chi connectivity index (χ2v) is 7.21. The molecule has 5 rings (SSSR count). The number of aromatic nitrogens is 2. The van der Waals surface area contributed by atoms with Crippen LogP contribution in [0.5, 0.6) is 0 Å². The molecule has 0 saturated carbocycles. The molecule has 1 aromatic heterocycles. The van der Waals surface area contributed by atoms with Crippen LogP contribution in [-0.2, 0) is 11.4 Å². The average molecular weight is 402 g/mol. The molecule has 6 nitrogen and oxygen atoms in total. The van der Waals surface area contributed by atoms with Crippen molar-refractivity contribution in [1.29, 1.82) is 0 Å². The summed E-state index contributed by atoms with van der Waals surface area (Å²) >= 11 is 2.27. The fourth-order valence-electron chi connectivity index (χ4n) is 3.26. The largest absolute Gasteiger partial charge is 0.298 e. The Morgan fingerprint density at radius 1 is 0.643 bits per heavy atom. The normalized spacial score (nSPS) is 12.0. The Morgan fingerprint density at radius 3 is 1.46 bits per heavy atom. The fraction of sp³-hybridized carbons (Fsp3) is 0. The van der Waals surface area contributed by atoms with Gasteiger partial charge in [-0.1, -0.05) is 48.5 Å². The highest BCUT2D eigenvalue weighted by Crippen LogP contribution is 2.51. The van der Waals surface area contributed by atoms with Gasteiger partial charge in [-0.2, -0.15) is 17.5 Å². The minimum Gasteiger partial charge on any atom is -0.298 e. The first-order valence-electron chi connectivity index (χ1n) is 8.32. The summed E-state index contributed by atoms with van der Waals surface area (Å²) in [6, 6.07) is 14.6. The molecule has 0 bridgehead atoms. The third-order valence-corrected chi connectivity index (χ3v) is 5.65. The Bertz CT molecular complexity index is 1220. The van der Waals surface area contributed by atoms with Crippen molar-refractivity contribution < 1.29 is 9.59 Å². The molecule has 1 aliphatic rings. The Kier molecular flexibility index (Phi) is 4.00. The van der Waals surface area contributed by atoms with Crippen LogP contribution in [0.4, 0.5) is 11.4 Å². The molecule has 0 atom stereocenters. The van der Waals surface area contributed by atoms with E-state index in [1.54, 1.807) is 24.3 Å². The maximum atomic E-state index is 11.0. The molecule has 0 amide bonds. The predicted octanol–water partition coefficient (Wildman–Crippen LogP) is 5.38. The van der Waals surface area contributed by atoms with Crippen molar-refractivity contribution in [2.24, 2.45) is 8.73 Å². The summed E-state index contributed by atoms with van der Waals surface area (Å²) in [6.45, 7) is 0. The van der Waals surface area contributed by atoms with Crippen molar-refractivity contribution in [3.8, 4) is 22.3 Å². The van der Waals surface area contributed by atoms with Crippen LogP contribution in [-0.4, -0.2) is 21.3 Å². The van der Waals surface area contributed by atoms with Gasteiger partial charge in [0.15, 0.2) is 0 Å². The maximum Gasteiger partial charge on any atom is 0.150 e. The number of hydrogen-bond donors (Lipinski definition) is 0. The minimum atomic E-state index is 0.607. The first-order chi connectivity index (χ1) is 13.8. The van der Waals surface area contributed by atoms with Gasteiger partial charge in [0.1, 0.15) is 35.0 Å². The summed E-state index contributed by atoms with van der Waals surface area (Å²) in [7, 11) is 0. The predicted molar refractivity (Wildman–Crippen MR) is 111 cm³/mol. The van der Waals surface area contributed by atoms with E-state index in [2.05, 4.69) is 17.5 Å².